The van der Waals surface area contributed by atoms with Gasteiger partial charge in [0, 0.05) is 69.4 Å². The van der Waals surface area contributed by atoms with Crippen LogP contribution < -0.4 is 15.8 Å². The van der Waals surface area contributed by atoms with E-state index in [-0.39, 0.29) is 23.5 Å². The van der Waals surface area contributed by atoms with Crippen molar-refractivity contribution in [1.29, 1.82) is 0 Å². The van der Waals surface area contributed by atoms with E-state index in [2.05, 4.69) is 40.5 Å². The van der Waals surface area contributed by atoms with Gasteiger partial charge in [-0.25, -0.2) is 4.98 Å². The monoisotopic (exact) mass is 626 g/mol. The summed E-state index contributed by atoms with van der Waals surface area (Å²) in [5.74, 6) is 0.876. The van der Waals surface area contributed by atoms with Crippen LogP contribution in [0.3, 0.4) is 0 Å². The average Bonchev–Trinajstić information content (AvgIpc) is 3.39. The second kappa shape index (κ2) is 11.8. The van der Waals surface area contributed by atoms with Gasteiger partial charge >= 0.3 is 0 Å². The number of aliphatic hydroxyl groups excluding tert-OH is 1. The lowest BCUT2D eigenvalue weighted by Gasteiger charge is -2.41. The van der Waals surface area contributed by atoms with Crippen LogP contribution in [-0.2, 0) is 36.3 Å². The van der Waals surface area contributed by atoms with Crippen molar-refractivity contribution >= 4 is 23.2 Å². The summed E-state index contributed by atoms with van der Waals surface area (Å²) in [4.78, 5) is 38.0. The molecule has 0 unspecified atom stereocenters. The number of fused-ring (bicyclic) bond motifs is 2. The predicted molar refractivity (Wildman–Crippen MR) is 176 cm³/mol. The van der Waals surface area contributed by atoms with E-state index in [0.29, 0.717) is 58.8 Å². The Morgan fingerprint density at radius 3 is 2.72 bits per heavy atom. The number of nitrogens with one attached hydrogen (secondary N) is 1. The van der Waals surface area contributed by atoms with Crippen LogP contribution in [0.15, 0.2) is 59.3 Å². The number of hydrogen-bond acceptors (Lipinski definition) is 9. The summed E-state index contributed by atoms with van der Waals surface area (Å²) < 4.78 is 8.88. The van der Waals surface area contributed by atoms with Gasteiger partial charge in [-0.3, -0.25) is 24.1 Å². The highest BCUT2D eigenvalue weighted by atomic mass is 16.5. The number of aryl methyl sites for hydroxylation is 1. The maximum Gasteiger partial charge on any atom is 0.275 e. The van der Waals surface area contributed by atoms with Gasteiger partial charge in [-0.15, -0.1) is 0 Å². The van der Waals surface area contributed by atoms with E-state index in [1.807, 2.05) is 22.9 Å². The fourth-order valence-corrected chi connectivity index (χ4v) is 7.01. The number of aliphatic hydroxyl groups is 1. The number of amides is 1. The van der Waals surface area contributed by atoms with Crippen LogP contribution in [0.25, 0.3) is 11.1 Å². The van der Waals surface area contributed by atoms with Gasteiger partial charge in [0.1, 0.15) is 17.2 Å². The second-order valence-electron chi connectivity index (χ2n) is 13.6. The van der Waals surface area contributed by atoms with Crippen LogP contribution in [0.5, 0.6) is 0 Å². The van der Waals surface area contributed by atoms with E-state index in [1.54, 1.807) is 30.4 Å². The fraction of sp³-hybridized carbons (Fsp3) is 0.471. The molecule has 7 rings (SSSR count). The molecular formula is C34H42N8O4. The molecule has 3 aromatic heterocycles. The summed E-state index contributed by atoms with van der Waals surface area (Å²) in [6.45, 7) is 14.3. The summed E-state index contributed by atoms with van der Waals surface area (Å²) in [5, 5.41) is 18.6. The molecule has 242 valence electrons. The number of carbonyl (C=O) groups excluding carboxylic acids is 1. The van der Waals surface area contributed by atoms with Gasteiger partial charge in [-0.1, -0.05) is 26.0 Å². The molecular weight excluding hydrogens is 584 g/mol. The van der Waals surface area contributed by atoms with Crippen LogP contribution in [0, 0.1) is 5.41 Å². The molecule has 46 heavy (non-hydrogen) atoms. The number of aromatic nitrogens is 4. The smallest absolute Gasteiger partial charge is 0.275 e. The molecule has 4 aliphatic heterocycles. The third-order valence-corrected chi connectivity index (χ3v) is 9.67. The van der Waals surface area contributed by atoms with Crippen molar-refractivity contribution in [1.82, 2.24) is 29.1 Å². The Balaban J connectivity index is 1.18. The number of allylic oxidation sites excluding steroid dienone is 2. The maximum absolute atomic E-state index is 13.9. The maximum atomic E-state index is 13.9. The Kier molecular flexibility index (Phi) is 7.82. The molecule has 12 heteroatoms. The van der Waals surface area contributed by atoms with E-state index >= 15 is 0 Å². The summed E-state index contributed by atoms with van der Waals surface area (Å²) in [6, 6.07) is 6.04. The van der Waals surface area contributed by atoms with Gasteiger partial charge in [0.15, 0.2) is 5.82 Å². The molecule has 7 heterocycles. The Labute approximate surface area is 268 Å². The van der Waals surface area contributed by atoms with Crippen LogP contribution in [-0.4, -0.2) is 85.6 Å². The Morgan fingerprint density at radius 1 is 1.13 bits per heavy atom. The zero-order valence-electron chi connectivity index (χ0n) is 26.8. The number of carbonyl (C=O) groups is 1. The fourth-order valence-electron chi connectivity index (χ4n) is 7.01. The first kappa shape index (κ1) is 30.4. The average molecular weight is 627 g/mol. The van der Waals surface area contributed by atoms with Crippen molar-refractivity contribution in [2.24, 2.45) is 12.5 Å². The van der Waals surface area contributed by atoms with Crippen molar-refractivity contribution in [3.05, 3.63) is 76.1 Å². The first-order chi connectivity index (χ1) is 22.1. The lowest BCUT2D eigenvalue weighted by molar-refractivity contribution is -0.118. The molecule has 4 aliphatic rings. The Morgan fingerprint density at radius 2 is 1.96 bits per heavy atom. The zero-order chi connectivity index (χ0) is 32.2. The van der Waals surface area contributed by atoms with Crippen LogP contribution in [0.2, 0.25) is 0 Å². The highest BCUT2D eigenvalue weighted by Crippen LogP contribution is 2.36. The Bertz CT molecular complexity index is 1790. The minimum Gasteiger partial charge on any atom is -0.392 e. The molecule has 2 saturated heterocycles. The van der Waals surface area contributed by atoms with E-state index in [0.717, 1.165) is 63.5 Å². The normalized spacial score (nSPS) is 21.5. The number of piperazine rings is 1. The highest BCUT2D eigenvalue weighted by Gasteiger charge is 2.35. The molecule has 0 saturated carbocycles. The van der Waals surface area contributed by atoms with Crippen LogP contribution in [0.4, 0.5) is 17.3 Å². The van der Waals surface area contributed by atoms with Gasteiger partial charge in [0.05, 0.1) is 38.1 Å². The lowest BCUT2D eigenvalue weighted by atomic mass is 9.81. The van der Waals surface area contributed by atoms with Gasteiger partial charge in [0.2, 0.25) is 0 Å². The minimum atomic E-state index is -0.326. The van der Waals surface area contributed by atoms with E-state index in [4.69, 9.17) is 9.84 Å². The SMILES string of the molecule is C=C1/C=C2/C(=O)N(c3nccc(-c4cc(Nc5cc6n(n5)CCN(C5COC5)C6)c(=O)n(C)c4)c3CO)CCN2CCC(C)(C)C1. The third kappa shape index (κ3) is 5.65. The third-order valence-electron chi connectivity index (χ3n) is 9.67. The van der Waals surface area contributed by atoms with Crippen molar-refractivity contribution in [3.63, 3.8) is 0 Å². The molecule has 0 spiro atoms. The highest BCUT2D eigenvalue weighted by molar-refractivity contribution is 6.06. The molecule has 2 fully saturated rings. The first-order valence-electron chi connectivity index (χ1n) is 16.0. The van der Waals surface area contributed by atoms with Gasteiger partial charge in [-0.2, -0.15) is 5.10 Å². The quantitative estimate of drug-likeness (QED) is 0.426. The Hall–Kier alpha value is -4.26. The number of nitrogens with zero attached hydrogens (tertiary/aromatic N) is 7. The number of rotatable bonds is 6. The van der Waals surface area contributed by atoms with Gasteiger partial charge in [0.25, 0.3) is 11.5 Å². The molecule has 1 amide bonds. The van der Waals surface area contributed by atoms with Crippen molar-refractivity contribution < 1.29 is 14.6 Å². The van der Waals surface area contributed by atoms with Crippen molar-refractivity contribution in [3.8, 4) is 11.1 Å². The summed E-state index contributed by atoms with van der Waals surface area (Å²) >= 11 is 0. The molecule has 0 atom stereocenters. The minimum absolute atomic E-state index is 0.117. The zero-order valence-corrected chi connectivity index (χ0v) is 26.8. The number of hydrogen-bond donors (Lipinski definition) is 2. The molecule has 2 N–H and O–H groups in total. The van der Waals surface area contributed by atoms with E-state index in [9.17, 15) is 14.7 Å². The van der Waals surface area contributed by atoms with E-state index < -0.39 is 0 Å². The molecule has 0 aromatic carbocycles. The van der Waals surface area contributed by atoms with Crippen molar-refractivity contribution in [2.75, 3.05) is 49.6 Å². The molecule has 0 aliphatic carbocycles. The number of ether oxygens (including phenoxy) is 1. The largest absolute Gasteiger partial charge is 0.392 e. The first-order valence-corrected chi connectivity index (χ1v) is 16.0. The lowest BCUT2D eigenvalue weighted by Crippen LogP contribution is -2.51. The molecule has 3 aromatic rings. The van der Waals surface area contributed by atoms with Crippen LogP contribution >= 0.6 is 0 Å². The molecule has 0 radical (unpaired) electrons. The van der Waals surface area contributed by atoms with Crippen LogP contribution in [0.1, 0.15) is 37.9 Å². The van der Waals surface area contributed by atoms with Crippen molar-refractivity contribution in [2.45, 2.75) is 52.4 Å². The molecule has 12 nitrogen and oxygen atoms in total. The summed E-state index contributed by atoms with van der Waals surface area (Å²) in [5.41, 5.74) is 4.85. The standard InChI is InChI=1S/C34H42N8O4/c1-22-13-29-33(45)41(11-9-39(29)8-6-34(2,3)16-22)31-27(19-43)26(5-7-35-31)23-14-28(32(44)38(4)17-23)36-30-15-24-18-40(25-20-46-21-25)10-12-42(24)37-30/h5,7,13-15,17,25,43H,1,6,8-12,16,18-21H2,2-4H3,(H,36,37)/b29-13-. The predicted octanol–water partition coefficient (Wildman–Crippen LogP) is 3.00. The van der Waals surface area contributed by atoms with Gasteiger partial charge < -0.3 is 24.6 Å². The van der Waals surface area contributed by atoms with Gasteiger partial charge in [-0.05, 0) is 42.0 Å². The second-order valence-corrected chi connectivity index (χ2v) is 13.6. The topological polar surface area (TPSA) is 121 Å². The summed E-state index contributed by atoms with van der Waals surface area (Å²) in [7, 11) is 1.70. The van der Waals surface area contributed by atoms with E-state index in [1.165, 1.54) is 4.57 Å². The summed E-state index contributed by atoms with van der Waals surface area (Å²) in [6.07, 6.45) is 7.09. The molecule has 0 bridgehead atoms. The number of pyridine rings is 2. The number of anilines is 3.